The molecule has 0 amide bonds. The Balaban J connectivity index is 1.74. The molecule has 0 aliphatic carbocycles. The Morgan fingerprint density at radius 3 is 2.97 bits per heavy atom. The number of hydrogen-bond acceptors (Lipinski definition) is 4. The van der Waals surface area contributed by atoms with Gasteiger partial charge in [0, 0.05) is 22.0 Å². The van der Waals surface area contributed by atoms with Gasteiger partial charge < -0.3 is 9.72 Å². The van der Waals surface area contributed by atoms with Crippen LogP contribution in [-0.2, 0) is 4.74 Å². The Kier molecular flexibility index (Phi) is 5.90. The topological polar surface area (TPSA) is 79.7 Å². The van der Waals surface area contributed by atoms with Gasteiger partial charge in [-0.05, 0) is 65.7 Å². The van der Waals surface area contributed by atoms with E-state index in [-0.39, 0.29) is 11.9 Å². The number of amidine groups is 1. The van der Waals surface area contributed by atoms with Crippen LogP contribution in [0.25, 0.3) is 10.9 Å². The molecule has 0 saturated carbocycles. The monoisotopic (exact) mass is 464 g/mol. The normalized spacial score (nSPS) is 17.8. The quantitative estimate of drug-likeness (QED) is 0.508. The number of benzene rings is 1. The minimum absolute atomic E-state index is 0.165. The van der Waals surface area contributed by atoms with Crippen LogP contribution in [-0.4, -0.2) is 34.1 Å². The Morgan fingerprint density at radius 1 is 1.33 bits per heavy atom. The fourth-order valence-corrected chi connectivity index (χ4v) is 3.82. The zero-order chi connectivity index (χ0) is 21.1. The van der Waals surface area contributed by atoms with Crippen molar-refractivity contribution in [1.82, 2.24) is 9.97 Å². The average Bonchev–Trinajstić information content (AvgIpc) is 3.09. The third-order valence-electron chi connectivity index (χ3n) is 4.77. The highest BCUT2D eigenvalue weighted by atomic mass is 79.9. The standard InChI is InChI=1S/C23H21BrN4O2/c1-3-30-23(29)20-12-15-11-16(13-17(24)21(15)27-20)26-22-14(2)7-6-9-19(28-22)18-8-4-5-10-25-18/h4-6,8-14,27H,3,7H2,1-2H3. The molecule has 1 aromatic carbocycles. The molecule has 0 saturated heterocycles. The molecule has 1 aliphatic rings. The van der Waals surface area contributed by atoms with E-state index in [4.69, 9.17) is 14.7 Å². The lowest BCUT2D eigenvalue weighted by Crippen LogP contribution is -2.09. The van der Waals surface area contributed by atoms with Crippen LogP contribution in [0, 0.1) is 5.92 Å². The number of allylic oxidation sites excluding steroid dienone is 2. The first-order valence-electron chi connectivity index (χ1n) is 9.79. The number of H-pyrrole nitrogens is 1. The van der Waals surface area contributed by atoms with E-state index in [1.807, 2.05) is 36.4 Å². The first-order valence-corrected chi connectivity index (χ1v) is 10.6. The van der Waals surface area contributed by atoms with Crippen molar-refractivity contribution in [3.63, 3.8) is 0 Å². The van der Waals surface area contributed by atoms with Crippen molar-refractivity contribution in [2.24, 2.45) is 15.9 Å². The molecule has 4 rings (SSSR count). The number of carbonyl (C=O) groups excluding carboxylic acids is 1. The minimum Gasteiger partial charge on any atom is -0.461 e. The zero-order valence-electron chi connectivity index (χ0n) is 16.7. The predicted octanol–water partition coefficient (Wildman–Crippen LogP) is 5.62. The van der Waals surface area contributed by atoms with Gasteiger partial charge in [0.15, 0.2) is 0 Å². The molecule has 2 aromatic heterocycles. The molecule has 0 radical (unpaired) electrons. The molecule has 0 spiro atoms. The number of nitrogens with zero attached hydrogens (tertiary/aromatic N) is 3. The lowest BCUT2D eigenvalue weighted by atomic mass is 10.1. The van der Waals surface area contributed by atoms with E-state index in [1.165, 1.54) is 0 Å². The third-order valence-corrected chi connectivity index (χ3v) is 5.40. The highest BCUT2D eigenvalue weighted by Crippen LogP contribution is 2.31. The second-order valence-electron chi connectivity index (χ2n) is 7.02. The summed E-state index contributed by atoms with van der Waals surface area (Å²) in [7, 11) is 0. The van der Waals surface area contributed by atoms with Gasteiger partial charge in [0.05, 0.1) is 29.2 Å². The Bertz CT molecular complexity index is 1180. The number of carbonyl (C=O) groups is 1. The lowest BCUT2D eigenvalue weighted by Gasteiger charge is -2.08. The Labute approximate surface area is 182 Å². The molecular formula is C23H21BrN4O2. The van der Waals surface area contributed by atoms with Gasteiger partial charge in [-0.25, -0.2) is 14.8 Å². The second kappa shape index (κ2) is 8.75. The maximum Gasteiger partial charge on any atom is 0.354 e. The number of esters is 1. The minimum atomic E-state index is -0.374. The number of aliphatic imine (C=N–C) groups is 2. The van der Waals surface area contributed by atoms with Crippen LogP contribution in [0.2, 0.25) is 0 Å². The van der Waals surface area contributed by atoms with E-state index in [0.717, 1.165) is 44.7 Å². The molecule has 7 heteroatoms. The van der Waals surface area contributed by atoms with E-state index in [0.29, 0.717) is 12.3 Å². The fraction of sp³-hybridized carbons (Fsp3) is 0.217. The van der Waals surface area contributed by atoms with E-state index in [1.54, 1.807) is 19.2 Å². The van der Waals surface area contributed by atoms with Crippen molar-refractivity contribution in [1.29, 1.82) is 0 Å². The van der Waals surface area contributed by atoms with Gasteiger partial charge in [0.1, 0.15) is 11.5 Å². The highest BCUT2D eigenvalue weighted by molar-refractivity contribution is 9.10. The summed E-state index contributed by atoms with van der Waals surface area (Å²) in [5.41, 5.74) is 3.62. The summed E-state index contributed by atoms with van der Waals surface area (Å²) in [6, 6.07) is 11.4. The number of nitrogens with one attached hydrogen (secondary N) is 1. The number of rotatable bonds is 4. The van der Waals surface area contributed by atoms with Crippen LogP contribution in [0.15, 0.2) is 69.2 Å². The molecule has 1 atom stereocenters. The molecule has 30 heavy (non-hydrogen) atoms. The van der Waals surface area contributed by atoms with Crippen LogP contribution in [0.3, 0.4) is 0 Å². The van der Waals surface area contributed by atoms with Crippen molar-refractivity contribution in [3.8, 4) is 0 Å². The van der Waals surface area contributed by atoms with E-state index in [2.05, 4.69) is 38.9 Å². The summed E-state index contributed by atoms with van der Waals surface area (Å²) in [6.45, 7) is 4.22. The number of aromatic nitrogens is 2. The summed E-state index contributed by atoms with van der Waals surface area (Å²) < 4.78 is 5.91. The summed E-state index contributed by atoms with van der Waals surface area (Å²) in [5.74, 6) is 0.535. The molecule has 3 aromatic rings. The number of halogens is 1. The van der Waals surface area contributed by atoms with Gasteiger partial charge in [-0.2, -0.15) is 0 Å². The number of aromatic amines is 1. The first kappa shape index (κ1) is 20.2. The van der Waals surface area contributed by atoms with E-state index in [9.17, 15) is 4.79 Å². The molecule has 1 N–H and O–H groups in total. The molecular weight excluding hydrogens is 444 g/mol. The van der Waals surface area contributed by atoms with Crippen LogP contribution >= 0.6 is 15.9 Å². The van der Waals surface area contributed by atoms with Crippen molar-refractivity contribution in [2.75, 3.05) is 6.61 Å². The van der Waals surface area contributed by atoms with Gasteiger partial charge in [0.2, 0.25) is 0 Å². The van der Waals surface area contributed by atoms with Gasteiger partial charge in [-0.1, -0.05) is 19.1 Å². The Hall–Kier alpha value is -3.06. The van der Waals surface area contributed by atoms with Crippen LogP contribution in [0.5, 0.6) is 0 Å². The van der Waals surface area contributed by atoms with Crippen LogP contribution in [0.1, 0.15) is 36.5 Å². The average molecular weight is 465 g/mol. The molecule has 0 fully saturated rings. The molecule has 1 aliphatic heterocycles. The maximum absolute atomic E-state index is 12.1. The number of fused-ring (bicyclic) bond motifs is 1. The number of pyridine rings is 1. The van der Waals surface area contributed by atoms with Gasteiger partial charge >= 0.3 is 5.97 Å². The Morgan fingerprint density at radius 2 is 2.20 bits per heavy atom. The number of hydrogen-bond donors (Lipinski definition) is 1. The van der Waals surface area contributed by atoms with Gasteiger partial charge in [-0.3, -0.25) is 4.98 Å². The van der Waals surface area contributed by atoms with Gasteiger partial charge in [-0.15, -0.1) is 0 Å². The summed E-state index contributed by atoms with van der Waals surface area (Å²) >= 11 is 3.58. The van der Waals surface area contributed by atoms with Crippen molar-refractivity contribution < 1.29 is 9.53 Å². The SMILES string of the molecule is CCOC(=O)c1cc2cc(N=C3N=C(c4ccccn4)C=CCC3C)cc(Br)c2[nH]1. The lowest BCUT2D eigenvalue weighted by molar-refractivity contribution is 0.0520. The molecule has 0 bridgehead atoms. The van der Waals surface area contributed by atoms with E-state index < -0.39 is 0 Å². The second-order valence-corrected chi connectivity index (χ2v) is 7.87. The molecule has 3 heterocycles. The zero-order valence-corrected chi connectivity index (χ0v) is 18.3. The summed E-state index contributed by atoms with van der Waals surface area (Å²) in [5, 5.41) is 0.875. The molecule has 1 unspecified atom stereocenters. The summed E-state index contributed by atoms with van der Waals surface area (Å²) in [4.78, 5) is 29.2. The third kappa shape index (κ3) is 4.26. The number of ether oxygens (including phenoxy) is 1. The van der Waals surface area contributed by atoms with Crippen molar-refractivity contribution in [3.05, 3.63) is 70.6 Å². The van der Waals surface area contributed by atoms with Crippen molar-refractivity contribution in [2.45, 2.75) is 20.3 Å². The molecule has 6 nitrogen and oxygen atoms in total. The first-order chi connectivity index (χ1) is 14.5. The largest absolute Gasteiger partial charge is 0.461 e. The highest BCUT2D eigenvalue weighted by Gasteiger charge is 2.16. The van der Waals surface area contributed by atoms with E-state index >= 15 is 0 Å². The van der Waals surface area contributed by atoms with Crippen LogP contribution < -0.4 is 0 Å². The molecule has 152 valence electrons. The summed E-state index contributed by atoms with van der Waals surface area (Å²) in [6.07, 6.45) is 6.71. The predicted molar refractivity (Wildman–Crippen MR) is 123 cm³/mol. The fourth-order valence-electron chi connectivity index (χ4n) is 3.25. The van der Waals surface area contributed by atoms with Crippen LogP contribution in [0.4, 0.5) is 5.69 Å². The smallest absolute Gasteiger partial charge is 0.354 e. The van der Waals surface area contributed by atoms with Crippen molar-refractivity contribution >= 4 is 50.0 Å². The van der Waals surface area contributed by atoms with Gasteiger partial charge in [0.25, 0.3) is 0 Å². The maximum atomic E-state index is 12.1.